The van der Waals surface area contributed by atoms with Crippen LogP contribution in [0.2, 0.25) is 0 Å². The number of aromatic nitrogens is 2. The van der Waals surface area contributed by atoms with Crippen molar-refractivity contribution < 1.29 is 13.2 Å². The predicted molar refractivity (Wildman–Crippen MR) is 119 cm³/mol. The van der Waals surface area contributed by atoms with Crippen molar-refractivity contribution in [2.45, 2.75) is 11.3 Å². The lowest BCUT2D eigenvalue weighted by Gasteiger charge is -2.36. The predicted octanol–water partition coefficient (Wildman–Crippen LogP) is 2.19. The Morgan fingerprint density at radius 3 is 2.57 bits per heavy atom. The maximum Gasteiger partial charge on any atom is 0.242 e. The lowest BCUT2D eigenvalue weighted by molar-refractivity contribution is 0.255. The number of piperazine rings is 1. The minimum Gasteiger partial charge on any atom is -0.497 e. The molecular weight excluding hydrogens is 422 g/mol. The third kappa shape index (κ3) is 4.72. The van der Waals surface area contributed by atoms with Crippen molar-refractivity contribution in [3.05, 3.63) is 42.5 Å². The highest BCUT2D eigenvalue weighted by Crippen LogP contribution is 2.22. The number of benzene rings is 2. The monoisotopic (exact) mass is 447 g/mol. The van der Waals surface area contributed by atoms with Crippen molar-refractivity contribution in [1.29, 1.82) is 0 Å². The molecular formula is C20H25N5O3S2. The summed E-state index contributed by atoms with van der Waals surface area (Å²) in [7, 11) is -1.92. The number of anilines is 1. The van der Waals surface area contributed by atoms with Crippen LogP contribution in [-0.4, -0.2) is 68.4 Å². The third-order valence-corrected chi connectivity index (χ3v) is 7.33. The van der Waals surface area contributed by atoms with Gasteiger partial charge in [0.2, 0.25) is 10.0 Å². The van der Waals surface area contributed by atoms with E-state index >= 15 is 0 Å². The highest BCUT2D eigenvalue weighted by atomic mass is 32.2. The van der Waals surface area contributed by atoms with Crippen LogP contribution in [0.5, 0.6) is 5.75 Å². The van der Waals surface area contributed by atoms with Crippen molar-refractivity contribution >= 4 is 38.5 Å². The fourth-order valence-electron chi connectivity index (χ4n) is 3.61. The smallest absolute Gasteiger partial charge is 0.242 e. The van der Waals surface area contributed by atoms with Gasteiger partial charge in [-0.3, -0.25) is 4.90 Å². The van der Waals surface area contributed by atoms with Gasteiger partial charge in [0.1, 0.15) is 21.7 Å². The average Bonchev–Trinajstić information content (AvgIpc) is 3.26. The molecule has 0 aliphatic carbocycles. The van der Waals surface area contributed by atoms with E-state index in [1.54, 1.807) is 25.3 Å². The van der Waals surface area contributed by atoms with Gasteiger partial charge >= 0.3 is 0 Å². The summed E-state index contributed by atoms with van der Waals surface area (Å²) in [6.45, 7) is 5.09. The summed E-state index contributed by atoms with van der Waals surface area (Å²) in [5, 5.41) is 0. The maximum atomic E-state index is 12.6. The zero-order valence-electron chi connectivity index (χ0n) is 16.8. The SMILES string of the molecule is COc1ccc(N2CCN(CCCNS(=O)(=O)c3cccc4nsnc34)CC2)cc1. The van der Waals surface area contributed by atoms with Crippen LogP contribution in [0, 0.1) is 0 Å². The molecule has 1 aliphatic rings. The van der Waals surface area contributed by atoms with Crippen molar-refractivity contribution in [1.82, 2.24) is 18.4 Å². The van der Waals surface area contributed by atoms with Crippen LogP contribution < -0.4 is 14.4 Å². The molecule has 0 radical (unpaired) electrons. The van der Waals surface area contributed by atoms with Gasteiger partial charge < -0.3 is 9.64 Å². The van der Waals surface area contributed by atoms with Gasteiger partial charge in [-0.05, 0) is 49.4 Å². The van der Waals surface area contributed by atoms with E-state index in [2.05, 4.69) is 35.4 Å². The Kier molecular flexibility index (Phi) is 6.47. The number of fused-ring (bicyclic) bond motifs is 1. The number of rotatable bonds is 8. The number of sulfonamides is 1. The van der Waals surface area contributed by atoms with E-state index < -0.39 is 10.0 Å². The third-order valence-electron chi connectivity index (χ3n) is 5.29. The van der Waals surface area contributed by atoms with E-state index in [1.165, 1.54) is 5.69 Å². The molecule has 0 unspecified atom stereocenters. The fourth-order valence-corrected chi connectivity index (χ4v) is 5.45. The van der Waals surface area contributed by atoms with E-state index in [9.17, 15) is 8.42 Å². The topological polar surface area (TPSA) is 87.7 Å². The molecule has 10 heteroatoms. The molecule has 3 aromatic rings. The summed E-state index contributed by atoms with van der Waals surface area (Å²) in [4.78, 5) is 4.93. The number of hydrogen-bond acceptors (Lipinski definition) is 8. The van der Waals surface area contributed by atoms with Crippen LogP contribution in [-0.2, 0) is 10.0 Å². The molecule has 0 bridgehead atoms. The lowest BCUT2D eigenvalue weighted by atomic mass is 10.2. The van der Waals surface area contributed by atoms with E-state index in [-0.39, 0.29) is 4.90 Å². The Morgan fingerprint density at radius 2 is 1.83 bits per heavy atom. The highest BCUT2D eigenvalue weighted by Gasteiger charge is 2.20. The van der Waals surface area contributed by atoms with Gasteiger partial charge in [0.15, 0.2) is 0 Å². The van der Waals surface area contributed by atoms with Gasteiger partial charge in [0.05, 0.1) is 18.8 Å². The van der Waals surface area contributed by atoms with E-state index in [4.69, 9.17) is 4.74 Å². The summed E-state index contributed by atoms with van der Waals surface area (Å²) in [5.41, 5.74) is 2.25. The van der Waals surface area contributed by atoms with Crippen LogP contribution >= 0.6 is 11.7 Å². The molecule has 8 nitrogen and oxygen atoms in total. The molecule has 2 aromatic carbocycles. The summed E-state index contributed by atoms with van der Waals surface area (Å²) in [6.07, 6.45) is 0.757. The molecule has 1 fully saturated rings. The molecule has 160 valence electrons. The van der Waals surface area contributed by atoms with Crippen LogP contribution in [0.4, 0.5) is 5.69 Å². The quantitative estimate of drug-likeness (QED) is 0.530. The van der Waals surface area contributed by atoms with Crippen molar-refractivity contribution in [2.24, 2.45) is 0 Å². The normalized spacial score (nSPS) is 15.6. The van der Waals surface area contributed by atoms with E-state index in [0.717, 1.165) is 56.6 Å². The molecule has 0 saturated carbocycles. The highest BCUT2D eigenvalue weighted by molar-refractivity contribution is 7.89. The van der Waals surface area contributed by atoms with E-state index in [0.29, 0.717) is 17.6 Å². The molecule has 0 amide bonds. The molecule has 1 aromatic heterocycles. The Bertz CT molecular complexity index is 1080. The van der Waals surface area contributed by atoms with Gasteiger partial charge in [-0.1, -0.05) is 6.07 Å². The second kappa shape index (κ2) is 9.25. The first-order valence-corrected chi connectivity index (χ1v) is 12.1. The molecule has 0 spiro atoms. The molecule has 2 heterocycles. The van der Waals surface area contributed by atoms with Crippen LogP contribution in [0.25, 0.3) is 11.0 Å². The van der Waals surface area contributed by atoms with Crippen LogP contribution in [0.15, 0.2) is 47.4 Å². The summed E-state index contributed by atoms with van der Waals surface area (Å²) >= 11 is 1.02. The second-order valence-corrected chi connectivity index (χ2v) is 9.43. The number of ether oxygens (including phenoxy) is 1. The summed E-state index contributed by atoms with van der Waals surface area (Å²) in [6, 6.07) is 13.2. The number of hydrogen-bond donors (Lipinski definition) is 1. The Labute approximate surface area is 180 Å². The first kappa shape index (κ1) is 21.0. The Morgan fingerprint density at radius 1 is 1.07 bits per heavy atom. The maximum absolute atomic E-state index is 12.6. The second-order valence-electron chi connectivity index (χ2n) is 7.17. The van der Waals surface area contributed by atoms with E-state index in [1.807, 2.05) is 12.1 Å². The summed E-state index contributed by atoms with van der Waals surface area (Å²) in [5.74, 6) is 0.863. The zero-order valence-corrected chi connectivity index (χ0v) is 18.5. The van der Waals surface area contributed by atoms with Crippen molar-refractivity contribution in [2.75, 3.05) is 51.3 Å². The zero-order chi connectivity index (χ0) is 21.0. The van der Waals surface area contributed by atoms with Crippen molar-refractivity contribution in [3.8, 4) is 5.75 Å². The standard InChI is InChI=1S/C20H25N5O3S2/c1-28-17-8-6-16(7-9-17)25-14-12-24(13-15-25)11-3-10-21-30(26,27)19-5-2-4-18-20(19)23-29-22-18/h2,4-9,21H,3,10-15H2,1H3. The molecule has 30 heavy (non-hydrogen) atoms. The van der Waals surface area contributed by atoms with Crippen LogP contribution in [0.1, 0.15) is 6.42 Å². The van der Waals surface area contributed by atoms with Gasteiger partial charge in [-0.2, -0.15) is 8.75 Å². The Hall–Kier alpha value is -2.27. The van der Waals surface area contributed by atoms with Gasteiger partial charge in [-0.25, -0.2) is 13.1 Å². The number of nitrogens with zero attached hydrogens (tertiary/aromatic N) is 4. The first-order chi connectivity index (χ1) is 14.6. The molecule has 1 N–H and O–H groups in total. The number of methoxy groups -OCH3 is 1. The summed E-state index contributed by atoms with van der Waals surface area (Å²) < 4.78 is 41.4. The largest absolute Gasteiger partial charge is 0.497 e. The molecule has 4 rings (SSSR count). The first-order valence-electron chi connectivity index (χ1n) is 9.89. The van der Waals surface area contributed by atoms with Crippen LogP contribution in [0.3, 0.4) is 0 Å². The lowest BCUT2D eigenvalue weighted by Crippen LogP contribution is -2.47. The van der Waals surface area contributed by atoms with Gasteiger partial charge in [0, 0.05) is 38.4 Å². The average molecular weight is 448 g/mol. The minimum absolute atomic E-state index is 0.196. The Balaban J connectivity index is 1.23. The molecule has 1 aliphatic heterocycles. The van der Waals surface area contributed by atoms with Gasteiger partial charge in [0.25, 0.3) is 0 Å². The number of nitrogens with one attached hydrogen (secondary N) is 1. The fraction of sp³-hybridized carbons (Fsp3) is 0.400. The molecule has 1 saturated heterocycles. The minimum atomic E-state index is -3.59. The van der Waals surface area contributed by atoms with Gasteiger partial charge in [-0.15, -0.1) is 0 Å². The van der Waals surface area contributed by atoms with Crippen molar-refractivity contribution in [3.63, 3.8) is 0 Å². The molecule has 0 atom stereocenters.